The number of halogens is 1. The molecule has 0 radical (unpaired) electrons. The van der Waals surface area contributed by atoms with Gasteiger partial charge in [0.15, 0.2) is 0 Å². The zero-order chi connectivity index (χ0) is 9.60. The normalized spacial score (nSPS) is 35.1. The second-order valence-corrected chi connectivity index (χ2v) is 4.97. The summed E-state index contributed by atoms with van der Waals surface area (Å²) < 4.78 is 0. The van der Waals surface area contributed by atoms with E-state index < -0.39 is 0 Å². The van der Waals surface area contributed by atoms with Crippen molar-refractivity contribution in [3.8, 4) is 0 Å². The van der Waals surface area contributed by atoms with E-state index in [9.17, 15) is 0 Å². The van der Waals surface area contributed by atoms with Gasteiger partial charge in [-0.05, 0) is 43.4 Å². The molecule has 1 N–H and O–H groups in total. The summed E-state index contributed by atoms with van der Waals surface area (Å²) in [6.45, 7) is 0. The van der Waals surface area contributed by atoms with E-state index in [1.807, 2.05) is 6.07 Å². The molecule has 3 aliphatic rings. The van der Waals surface area contributed by atoms with Crippen LogP contribution in [0, 0.1) is 0 Å². The van der Waals surface area contributed by atoms with Crippen LogP contribution in [0.25, 0.3) is 0 Å². The molecule has 2 atom stereocenters. The van der Waals surface area contributed by atoms with Gasteiger partial charge in [-0.3, -0.25) is 0 Å². The van der Waals surface area contributed by atoms with Crippen LogP contribution in [-0.4, -0.2) is 6.04 Å². The third-order valence-corrected chi connectivity index (χ3v) is 3.84. The zero-order valence-electron chi connectivity index (χ0n) is 8.09. The van der Waals surface area contributed by atoms with Crippen molar-refractivity contribution in [3.05, 3.63) is 34.9 Å². The van der Waals surface area contributed by atoms with Crippen LogP contribution < -0.4 is 5.32 Å². The highest BCUT2D eigenvalue weighted by Crippen LogP contribution is 2.45. The number of hydrogen-bond acceptors (Lipinski definition) is 1. The summed E-state index contributed by atoms with van der Waals surface area (Å²) in [7, 11) is 0. The van der Waals surface area contributed by atoms with Crippen LogP contribution in [-0.2, 0) is 5.54 Å². The van der Waals surface area contributed by atoms with Crippen molar-refractivity contribution in [2.75, 3.05) is 0 Å². The number of piperidine rings is 1. The minimum Gasteiger partial charge on any atom is -0.304 e. The minimum atomic E-state index is 0.272. The molecule has 2 aliphatic heterocycles. The van der Waals surface area contributed by atoms with Crippen LogP contribution in [0.5, 0.6) is 0 Å². The predicted molar refractivity (Wildman–Crippen MR) is 58.5 cm³/mol. The van der Waals surface area contributed by atoms with E-state index >= 15 is 0 Å². The summed E-state index contributed by atoms with van der Waals surface area (Å²) in [6.07, 6.45) is 5.27. The summed E-state index contributed by atoms with van der Waals surface area (Å²) in [5.41, 5.74) is 1.65. The molecule has 0 spiro atoms. The largest absolute Gasteiger partial charge is 0.304 e. The first-order valence-electron chi connectivity index (χ1n) is 5.32. The lowest BCUT2D eigenvalue weighted by Crippen LogP contribution is -2.63. The van der Waals surface area contributed by atoms with Crippen LogP contribution in [0.4, 0.5) is 0 Å². The lowest BCUT2D eigenvalue weighted by Gasteiger charge is -2.54. The summed E-state index contributed by atoms with van der Waals surface area (Å²) in [5, 5.41) is 4.53. The van der Waals surface area contributed by atoms with Gasteiger partial charge >= 0.3 is 0 Å². The molecule has 1 aliphatic carbocycles. The smallest absolute Gasteiger partial charge is 0.0452 e. The molecule has 4 rings (SSSR count). The second kappa shape index (κ2) is 2.98. The first-order valence-corrected chi connectivity index (χ1v) is 5.70. The lowest BCUT2D eigenvalue weighted by atomic mass is 9.67. The van der Waals surface area contributed by atoms with Crippen LogP contribution in [0.3, 0.4) is 0 Å². The highest BCUT2D eigenvalue weighted by molar-refractivity contribution is 6.30. The number of nitrogens with one attached hydrogen (secondary N) is 1. The second-order valence-electron chi connectivity index (χ2n) is 4.53. The summed E-state index contributed by atoms with van der Waals surface area (Å²) in [5.74, 6) is 0. The molecule has 1 nitrogen and oxygen atoms in total. The fraction of sp³-hybridized carbons (Fsp3) is 0.500. The Balaban J connectivity index is 1.95. The van der Waals surface area contributed by atoms with E-state index in [-0.39, 0.29) is 5.54 Å². The maximum Gasteiger partial charge on any atom is 0.0452 e. The fourth-order valence-corrected chi connectivity index (χ4v) is 3.11. The van der Waals surface area contributed by atoms with E-state index in [0.29, 0.717) is 0 Å². The van der Waals surface area contributed by atoms with Crippen molar-refractivity contribution >= 4 is 11.6 Å². The number of hydrogen-bond donors (Lipinski definition) is 1. The predicted octanol–water partition coefficient (Wildman–Crippen LogP) is 3.08. The molecule has 0 aromatic heterocycles. The van der Waals surface area contributed by atoms with Crippen molar-refractivity contribution in [3.63, 3.8) is 0 Å². The molecule has 3 fully saturated rings. The third kappa shape index (κ3) is 1.19. The van der Waals surface area contributed by atoms with Gasteiger partial charge in [0.1, 0.15) is 0 Å². The molecular weight excluding hydrogens is 194 g/mol. The summed E-state index contributed by atoms with van der Waals surface area (Å²) >= 11 is 6.02. The number of rotatable bonds is 1. The standard InChI is InChI=1S/C12H14ClN/c13-10-4-1-3-9(7-10)12-6-2-5-11(8-12)14-12/h1,3-4,7,11,14H,2,5-6,8H2. The van der Waals surface area contributed by atoms with Gasteiger partial charge in [0.05, 0.1) is 0 Å². The van der Waals surface area contributed by atoms with Gasteiger partial charge in [-0.2, -0.15) is 0 Å². The highest BCUT2D eigenvalue weighted by Gasteiger charge is 2.47. The van der Waals surface area contributed by atoms with Gasteiger partial charge < -0.3 is 5.32 Å². The molecule has 1 aromatic carbocycles. The number of benzene rings is 1. The topological polar surface area (TPSA) is 12.0 Å². The van der Waals surface area contributed by atoms with Crippen LogP contribution in [0.2, 0.25) is 5.02 Å². The Morgan fingerprint density at radius 1 is 1.43 bits per heavy atom. The van der Waals surface area contributed by atoms with E-state index in [2.05, 4.69) is 23.5 Å². The average molecular weight is 208 g/mol. The molecule has 2 unspecified atom stereocenters. The van der Waals surface area contributed by atoms with Gasteiger partial charge in [-0.15, -0.1) is 0 Å². The third-order valence-electron chi connectivity index (χ3n) is 3.61. The first kappa shape index (κ1) is 8.75. The van der Waals surface area contributed by atoms with Crippen LogP contribution in [0.15, 0.2) is 24.3 Å². The average Bonchev–Trinajstić information content (AvgIpc) is 2.17. The van der Waals surface area contributed by atoms with E-state index in [1.54, 1.807) is 0 Å². The summed E-state index contributed by atoms with van der Waals surface area (Å²) in [4.78, 5) is 0. The molecule has 2 saturated heterocycles. The molecule has 2 heterocycles. The Labute approximate surface area is 89.5 Å². The molecule has 1 saturated carbocycles. The summed E-state index contributed by atoms with van der Waals surface area (Å²) in [6, 6.07) is 9.07. The molecule has 0 amide bonds. The quantitative estimate of drug-likeness (QED) is 0.747. The van der Waals surface area contributed by atoms with Crippen molar-refractivity contribution in [2.24, 2.45) is 0 Å². The minimum absolute atomic E-state index is 0.272. The van der Waals surface area contributed by atoms with Gasteiger partial charge in [0.25, 0.3) is 0 Å². The van der Waals surface area contributed by atoms with E-state index in [4.69, 9.17) is 11.6 Å². The Hall–Kier alpha value is -0.530. The Morgan fingerprint density at radius 2 is 2.29 bits per heavy atom. The lowest BCUT2D eigenvalue weighted by molar-refractivity contribution is 0.0688. The molecule has 1 aromatic rings. The Kier molecular flexibility index (Phi) is 1.86. The van der Waals surface area contributed by atoms with Gasteiger partial charge in [-0.1, -0.05) is 23.7 Å². The van der Waals surface area contributed by atoms with Crippen LogP contribution >= 0.6 is 11.6 Å². The molecular formula is C12H14ClN. The Bertz CT molecular complexity index is 350. The van der Waals surface area contributed by atoms with Crippen molar-refractivity contribution in [1.29, 1.82) is 0 Å². The van der Waals surface area contributed by atoms with Crippen LogP contribution in [0.1, 0.15) is 31.2 Å². The number of fused-ring (bicyclic) bond motifs is 2. The van der Waals surface area contributed by atoms with Gasteiger partial charge in [0.2, 0.25) is 0 Å². The monoisotopic (exact) mass is 207 g/mol. The van der Waals surface area contributed by atoms with Crippen molar-refractivity contribution in [2.45, 2.75) is 37.3 Å². The zero-order valence-corrected chi connectivity index (χ0v) is 8.85. The fourth-order valence-electron chi connectivity index (χ4n) is 2.92. The molecule has 2 bridgehead atoms. The molecule has 2 heteroatoms. The Morgan fingerprint density at radius 3 is 2.93 bits per heavy atom. The van der Waals surface area contributed by atoms with Crippen molar-refractivity contribution in [1.82, 2.24) is 5.32 Å². The first-order chi connectivity index (χ1) is 6.78. The van der Waals surface area contributed by atoms with E-state index in [1.165, 1.54) is 31.2 Å². The van der Waals surface area contributed by atoms with Gasteiger partial charge in [-0.25, -0.2) is 0 Å². The van der Waals surface area contributed by atoms with Crippen molar-refractivity contribution < 1.29 is 0 Å². The maximum atomic E-state index is 6.02. The van der Waals surface area contributed by atoms with Gasteiger partial charge in [0, 0.05) is 16.6 Å². The highest BCUT2D eigenvalue weighted by atomic mass is 35.5. The SMILES string of the molecule is Clc1cccc(C23CCCC(C2)N3)c1. The molecule has 14 heavy (non-hydrogen) atoms. The maximum absolute atomic E-state index is 6.02. The van der Waals surface area contributed by atoms with E-state index in [0.717, 1.165) is 11.1 Å². The molecule has 74 valence electrons.